The van der Waals surface area contributed by atoms with Crippen LogP contribution in [0.15, 0.2) is 42.5 Å². The lowest BCUT2D eigenvalue weighted by molar-refractivity contribution is -0.112. The van der Waals surface area contributed by atoms with E-state index in [1.165, 1.54) is 0 Å². The molecule has 0 unspecified atom stereocenters. The summed E-state index contributed by atoms with van der Waals surface area (Å²) in [6.07, 6.45) is 1.81. The highest BCUT2D eigenvalue weighted by Gasteiger charge is 2.29. The van der Waals surface area contributed by atoms with Gasteiger partial charge in [0.1, 0.15) is 0 Å². The number of halogens is 2. The van der Waals surface area contributed by atoms with E-state index < -0.39 is 0 Å². The highest BCUT2D eigenvalue weighted by molar-refractivity contribution is 6.38. The van der Waals surface area contributed by atoms with E-state index >= 15 is 0 Å². The first-order chi connectivity index (χ1) is 9.58. The lowest BCUT2D eigenvalue weighted by atomic mass is 10.0. The predicted molar refractivity (Wildman–Crippen MR) is 84.2 cm³/mol. The lowest BCUT2D eigenvalue weighted by Gasteiger charge is -2.08. The third kappa shape index (κ3) is 2.11. The molecule has 0 aliphatic carbocycles. The Bertz CT molecular complexity index is 737. The third-order valence-corrected chi connectivity index (χ3v) is 3.92. The first-order valence-electron chi connectivity index (χ1n) is 6.12. The average Bonchev–Trinajstić information content (AvgIpc) is 2.67. The van der Waals surface area contributed by atoms with Gasteiger partial charge in [-0.1, -0.05) is 47.5 Å². The number of nitrogens with zero attached hydrogens (tertiary/aromatic N) is 1. The summed E-state index contributed by atoms with van der Waals surface area (Å²) in [6.45, 7) is 0. The molecule has 0 spiro atoms. The number of amides is 1. The normalized spacial score (nSPS) is 15.8. The largest absolute Gasteiger partial charge is 0.311 e. The predicted octanol–water partition coefficient (Wildman–Crippen LogP) is 4.51. The van der Waals surface area contributed by atoms with Gasteiger partial charge < -0.3 is 4.90 Å². The molecule has 0 N–H and O–H groups in total. The number of carbonyl (C=O) groups excluding carboxylic acids is 1. The zero-order valence-corrected chi connectivity index (χ0v) is 12.2. The molecule has 1 aliphatic heterocycles. The Balaban J connectivity index is 2.14. The van der Waals surface area contributed by atoms with Gasteiger partial charge in [0.25, 0.3) is 5.91 Å². The van der Waals surface area contributed by atoms with Gasteiger partial charge in [-0.3, -0.25) is 4.79 Å². The van der Waals surface area contributed by atoms with Gasteiger partial charge in [-0.05, 0) is 29.8 Å². The van der Waals surface area contributed by atoms with Crippen LogP contribution >= 0.6 is 23.2 Å². The molecule has 20 heavy (non-hydrogen) atoms. The van der Waals surface area contributed by atoms with E-state index in [0.29, 0.717) is 15.6 Å². The highest BCUT2D eigenvalue weighted by Crippen LogP contribution is 2.37. The quantitative estimate of drug-likeness (QED) is 0.710. The second-order valence-electron chi connectivity index (χ2n) is 4.61. The SMILES string of the molecule is CN1C(=O)/C(=C/c2ccc(Cl)cc2Cl)c2ccccc21. The number of carbonyl (C=O) groups is 1. The summed E-state index contributed by atoms with van der Waals surface area (Å²) < 4.78 is 0. The Morgan fingerprint density at radius 3 is 2.60 bits per heavy atom. The topological polar surface area (TPSA) is 20.3 Å². The van der Waals surface area contributed by atoms with Gasteiger partial charge in [0.05, 0.1) is 5.69 Å². The van der Waals surface area contributed by atoms with E-state index in [-0.39, 0.29) is 5.91 Å². The van der Waals surface area contributed by atoms with Crippen LogP contribution in [0.3, 0.4) is 0 Å². The molecule has 0 saturated heterocycles. The van der Waals surface area contributed by atoms with Crippen LogP contribution in [-0.2, 0) is 4.79 Å². The van der Waals surface area contributed by atoms with Crippen molar-refractivity contribution in [2.75, 3.05) is 11.9 Å². The number of anilines is 1. The molecule has 2 aromatic carbocycles. The van der Waals surface area contributed by atoms with Crippen LogP contribution in [0.1, 0.15) is 11.1 Å². The number of hydrogen-bond donors (Lipinski definition) is 0. The smallest absolute Gasteiger partial charge is 0.258 e. The molecule has 1 heterocycles. The molecule has 2 aromatic rings. The van der Waals surface area contributed by atoms with Gasteiger partial charge in [0.2, 0.25) is 0 Å². The Hall–Kier alpha value is -1.77. The van der Waals surface area contributed by atoms with Crippen molar-refractivity contribution in [2.24, 2.45) is 0 Å². The zero-order valence-electron chi connectivity index (χ0n) is 10.7. The first kappa shape index (κ1) is 13.2. The van der Waals surface area contributed by atoms with E-state index in [1.807, 2.05) is 36.4 Å². The van der Waals surface area contributed by atoms with Crippen LogP contribution in [0.25, 0.3) is 11.6 Å². The number of likely N-dealkylation sites (N-methyl/N-ethyl adjacent to an activating group) is 1. The molecule has 3 rings (SSSR count). The van der Waals surface area contributed by atoms with Crippen molar-refractivity contribution in [3.8, 4) is 0 Å². The van der Waals surface area contributed by atoms with Gasteiger partial charge in [0.15, 0.2) is 0 Å². The molecule has 0 bridgehead atoms. The Kier molecular flexibility index (Phi) is 3.28. The molecule has 0 fully saturated rings. The molecule has 0 aromatic heterocycles. The van der Waals surface area contributed by atoms with Gasteiger partial charge in [0, 0.05) is 28.2 Å². The second kappa shape index (κ2) is 4.97. The maximum Gasteiger partial charge on any atom is 0.258 e. The number of fused-ring (bicyclic) bond motifs is 1. The fourth-order valence-corrected chi connectivity index (χ4v) is 2.78. The lowest BCUT2D eigenvalue weighted by Crippen LogP contribution is -2.20. The van der Waals surface area contributed by atoms with Crippen molar-refractivity contribution in [2.45, 2.75) is 0 Å². The Morgan fingerprint density at radius 2 is 1.85 bits per heavy atom. The Labute approximate surface area is 127 Å². The fraction of sp³-hybridized carbons (Fsp3) is 0.0625. The molecule has 100 valence electrons. The molecular weight excluding hydrogens is 293 g/mol. The minimum atomic E-state index is -0.0304. The molecule has 0 saturated carbocycles. The summed E-state index contributed by atoms with van der Waals surface area (Å²) >= 11 is 12.1. The summed E-state index contributed by atoms with van der Waals surface area (Å²) in [5, 5.41) is 1.11. The average molecular weight is 304 g/mol. The highest BCUT2D eigenvalue weighted by atomic mass is 35.5. The maximum atomic E-state index is 12.3. The summed E-state index contributed by atoms with van der Waals surface area (Å²) in [5.74, 6) is -0.0304. The van der Waals surface area contributed by atoms with Crippen molar-refractivity contribution in [3.05, 3.63) is 63.6 Å². The molecule has 1 aliphatic rings. The molecule has 0 atom stereocenters. The van der Waals surface area contributed by atoms with Crippen molar-refractivity contribution in [1.29, 1.82) is 0 Å². The third-order valence-electron chi connectivity index (χ3n) is 3.35. The number of hydrogen-bond acceptors (Lipinski definition) is 1. The zero-order chi connectivity index (χ0) is 14.3. The number of rotatable bonds is 1. The van der Waals surface area contributed by atoms with Crippen molar-refractivity contribution >= 4 is 46.4 Å². The van der Waals surface area contributed by atoms with Gasteiger partial charge in [-0.25, -0.2) is 0 Å². The summed E-state index contributed by atoms with van der Waals surface area (Å²) in [7, 11) is 1.77. The van der Waals surface area contributed by atoms with Crippen molar-refractivity contribution < 1.29 is 4.79 Å². The van der Waals surface area contributed by atoms with Crippen molar-refractivity contribution in [3.63, 3.8) is 0 Å². The first-order valence-corrected chi connectivity index (χ1v) is 6.88. The maximum absolute atomic E-state index is 12.3. The fourth-order valence-electron chi connectivity index (χ4n) is 2.31. The Morgan fingerprint density at radius 1 is 1.10 bits per heavy atom. The van der Waals surface area contributed by atoms with E-state index in [4.69, 9.17) is 23.2 Å². The summed E-state index contributed by atoms with van der Waals surface area (Å²) in [6, 6.07) is 12.9. The van der Waals surface area contributed by atoms with Crippen LogP contribution < -0.4 is 4.90 Å². The molecule has 4 heteroatoms. The minimum absolute atomic E-state index is 0.0304. The van der Waals surface area contributed by atoms with E-state index in [9.17, 15) is 4.79 Å². The van der Waals surface area contributed by atoms with Gasteiger partial charge in [-0.2, -0.15) is 0 Å². The number of benzene rings is 2. The number of para-hydroxylation sites is 1. The van der Waals surface area contributed by atoms with Crippen LogP contribution in [0, 0.1) is 0 Å². The molecule has 0 radical (unpaired) electrons. The van der Waals surface area contributed by atoms with Crippen LogP contribution in [0.4, 0.5) is 5.69 Å². The van der Waals surface area contributed by atoms with Crippen molar-refractivity contribution in [1.82, 2.24) is 0 Å². The summed E-state index contributed by atoms with van der Waals surface area (Å²) in [5.41, 5.74) is 3.26. The van der Waals surface area contributed by atoms with Crippen LogP contribution in [-0.4, -0.2) is 13.0 Å². The molecular formula is C16H11Cl2NO. The van der Waals surface area contributed by atoms with Gasteiger partial charge in [-0.15, -0.1) is 0 Å². The van der Waals surface area contributed by atoms with Crippen LogP contribution in [0.5, 0.6) is 0 Å². The van der Waals surface area contributed by atoms with E-state index in [0.717, 1.165) is 16.8 Å². The molecule has 2 nitrogen and oxygen atoms in total. The van der Waals surface area contributed by atoms with E-state index in [1.54, 1.807) is 24.1 Å². The monoisotopic (exact) mass is 303 g/mol. The molecule has 1 amide bonds. The minimum Gasteiger partial charge on any atom is -0.311 e. The van der Waals surface area contributed by atoms with Gasteiger partial charge >= 0.3 is 0 Å². The summed E-state index contributed by atoms with van der Waals surface area (Å²) in [4.78, 5) is 14.0. The second-order valence-corrected chi connectivity index (χ2v) is 5.45. The van der Waals surface area contributed by atoms with E-state index in [2.05, 4.69) is 0 Å². The van der Waals surface area contributed by atoms with Crippen LogP contribution in [0.2, 0.25) is 10.0 Å². The standard InChI is InChI=1S/C16H11Cl2NO/c1-19-15-5-3-2-4-12(15)13(16(19)20)8-10-6-7-11(17)9-14(10)18/h2-9H,1H3/b13-8+.